The lowest BCUT2D eigenvalue weighted by molar-refractivity contribution is -0.113. The molecule has 0 saturated heterocycles. The fourth-order valence-corrected chi connectivity index (χ4v) is 8.30. The van der Waals surface area contributed by atoms with Crippen molar-refractivity contribution in [2.24, 2.45) is 34.0 Å². The molecule has 1 aromatic heterocycles. The molecule has 2 saturated carbocycles. The summed E-state index contributed by atoms with van der Waals surface area (Å²) in [4.78, 5) is 12.7. The third-order valence-electron chi connectivity index (χ3n) is 10.1. The lowest BCUT2D eigenvalue weighted by atomic mass is 9.44. The summed E-state index contributed by atoms with van der Waals surface area (Å²) in [6, 6.07) is 5.62. The van der Waals surface area contributed by atoms with Crippen molar-refractivity contribution in [3.05, 3.63) is 47.1 Å². The Labute approximate surface area is 196 Å². The van der Waals surface area contributed by atoms with Crippen LogP contribution in [0.1, 0.15) is 83.7 Å². The monoisotopic (exact) mass is 449 g/mol. The Hall–Kier alpha value is -2.32. The molecule has 33 heavy (non-hydrogen) atoms. The largest absolute Gasteiger partial charge is 0.457 e. The van der Waals surface area contributed by atoms with E-state index in [2.05, 4.69) is 39.8 Å². The van der Waals surface area contributed by atoms with E-state index in [-0.39, 0.29) is 16.6 Å². The standard InChI is InChI=1S/C28H35NO4/c1-25(2)22-9-8-18-19(10-12-27(4)20(18)11-13-28(27,5)31)26(22,3)15-17(16-29)23(25)33-24(30)21-7-6-14-32-21/h6-7,9,14,18-20,31H,8,10-13,15H2,1-5H3/t18-,19+,20+,26-,27+,28+/m1/s1. The van der Waals surface area contributed by atoms with E-state index in [9.17, 15) is 15.2 Å². The number of fused-ring (bicyclic) bond motifs is 5. The summed E-state index contributed by atoms with van der Waals surface area (Å²) in [7, 11) is 0. The van der Waals surface area contributed by atoms with Crippen LogP contribution in [0.3, 0.4) is 0 Å². The quantitative estimate of drug-likeness (QED) is 0.431. The molecule has 0 bridgehead atoms. The lowest BCUT2D eigenvalue weighted by Crippen LogP contribution is -2.55. The molecule has 4 aliphatic carbocycles. The molecule has 1 N–H and O–H groups in total. The number of hydrogen-bond acceptors (Lipinski definition) is 5. The molecule has 6 atom stereocenters. The van der Waals surface area contributed by atoms with Gasteiger partial charge in [0.25, 0.3) is 0 Å². The zero-order chi connectivity index (χ0) is 23.8. The van der Waals surface area contributed by atoms with E-state index < -0.39 is 17.0 Å². The van der Waals surface area contributed by atoms with Gasteiger partial charge in [0.05, 0.1) is 23.5 Å². The predicted molar refractivity (Wildman–Crippen MR) is 124 cm³/mol. The molecule has 5 heteroatoms. The molecule has 1 aromatic rings. The molecule has 0 spiro atoms. The number of carbonyl (C=O) groups excluding carboxylic acids is 1. The van der Waals surface area contributed by atoms with Gasteiger partial charge < -0.3 is 14.3 Å². The fourth-order valence-electron chi connectivity index (χ4n) is 8.30. The van der Waals surface area contributed by atoms with Gasteiger partial charge in [0, 0.05) is 5.41 Å². The van der Waals surface area contributed by atoms with E-state index in [4.69, 9.17) is 9.15 Å². The van der Waals surface area contributed by atoms with Crippen molar-refractivity contribution in [1.29, 1.82) is 5.26 Å². The van der Waals surface area contributed by atoms with Gasteiger partial charge in [-0.2, -0.15) is 5.26 Å². The Kier molecular flexibility index (Phi) is 4.83. The SMILES string of the molecule is CC1(C)C2=CC[C@@H]3[C@H](CC[C@@]4(C)[C@H]3CC[C@]4(C)O)[C@@]2(C)CC(C#N)=C1OC(=O)c1ccco1. The highest BCUT2D eigenvalue weighted by Gasteiger charge is 2.63. The number of aliphatic hydroxyl groups is 1. The van der Waals surface area contributed by atoms with E-state index in [0.29, 0.717) is 35.5 Å². The first-order chi connectivity index (χ1) is 15.5. The normalized spacial score (nSPS) is 41.4. The average molecular weight is 450 g/mol. The van der Waals surface area contributed by atoms with Crippen LogP contribution in [-0.4, -0.2) is 16.7 Å². The topological polar surface area (TPSA) is 83.5 Å². The van der Waals surface area contributed by atoms with Crippen LogP contribution >= 0.6 is 0 Å². The maximum absolute atomic E-state index is 12.7. The molecule has 0 unspecified atom stereocenters. The molecule has 0 aliphatic heterocycles. The van der Waals surface area contributed by atoms with Crippen LogP contribution in [0.25, 0.3) is 0 Å². The van der Waals surface area contributed by atoms with Crippen molar-refractivity contribution in [2.75, 3.05) is 0 Å². The number of ether oxygens (including phenoxy) is 1. The number of hydrogen-bond donors (Lipinski definition) is 1. The maximum Gasteiger partial charge on any atom is 0.379 e. The van der Waals surface area contributed by atoms with Crippen LogP contribution < -0.4 is 0 Å². The Morgan fingerprint density at radius 2 is 1.91 bits per heavy atom. The first-order valence-electron chi connectivity index (χ1n) is 12.3. The Balaban J connectivity index is 1.53. The third-order valence-corrected chi connectivity index (χ3v) is 10.1. The van der Waals surface area contributed by atoms with Crippen LogP contribution in [0, 0.1) is 45.3 Å². The van der Waals surface area contributed by atoms with Crippen LogP contribution in [0.15, 0.2) is 45.8 Å². The van der Waals surface area contributed by atoms with E-state index in [0.717, 1.165) is 32.1 Å². The average Bonchev–Trinajstić information content (AvgIpc) is 3.36. The number of nitrogens with zero attached hydrogens (tertiary/aromatic N) is 1. The van der Waals surface area contributed by atoms with Crippen LogP contribution in [0.4, 0.5) is 0 Å². The van der Waals surface area contributed by atoms with Gasteiger partial charge in [0.2, 0.25) is 5.76 Å². The first-order valence-corrected chi connectivity index (χ1v) is 12.3. The predicted octanol–water partition coefficient (Wildman–Crippen LogP) is 6.17. The van der Waals surface area contributed by atoms with Crippen molar-refractivity contribution in [3.8, 4) is 6.07 Å². The van der Waals surface area contributed by atoms with E-state index in [1.165, 1.54) is 11.8 Å². The van der Waals surface area contributed by atoms with Gasteiger partial charge in [-0.25, -0.2) is 4.79 Å². The molecule has 0 amide bonds. The summed E-state index contributed by atoms with van der Waals surface area (Å²) in [6.07, 6.45) is 9.39. The van der Waals surface area contributed by atoms with E-state index in [1.807, 2.05) is 6.92 Å². The molecule has 4 aliphatic rings. The minimum Gasteiger partial charge on any atom is -0.457 e. The van der Waals surface area contributed by atoms with Gasteiger partial charge in [-0.1, -0.05) is 25.5 Å². The summed E-state index contributed by atoms with van der Waals surface area (Å²) in [5.74, 6) is 1.50. The van der Waals surface area contributed by atoms with Crippen molar-refractivity contribution >= 4 is 5.97 Å². The van der Waals surface area contributed by atoms with Crippen LogP contribution in [-0.2, 0) is 4.74 Å². The summed E-state index contributed by atoms with van der Waals surface area (Å²) in [5, 5.41) is 21.3. The molecule has 0 radical (unpaired) electrons. The Morgan fingerprint density at radius 1 is 1.18 bits per heavy atom. The minimum atomic E-state index is -0.607. The van der Waals surface area contributed by atoms with Gasteiger partial charge in [-0.3, -0.25) is 0 Å². The minimum absolute atomic E-state index is 0.0440. The van der Waals surface area contributed by atoms with Gasteiger partial charge in [-0.15, -0.1) is 0 Å². The molecule has 1 heterocycles. The number of rotatable bonds is 2. The van der Waals surface area contributed by atoms with Crippen molar-refractivity contribution in [2.45, 2.75) is 78.7 Å². The molecule has 5 rings (SSSR count). The fraction of sp³-hybridized carbons (Fsp3) is 0.643. The van der Waals surface area contributed by atoms with Gasteiger partial charge in [0.1, 0.15) is 5.76 Å². The number of esters is 1. The van der Waals surface area contributed by atoms with Crippen molar-refractivity contribution in [3.63, 3.8) is 0 Å². The van der Waals surface area contributed by atoms with Crippen molar-refractivity contribution in [1.82, 2.24) is 0 Å². The molecular weight excluding hydrogens is 414 g/mol. The number of carbonyl (C=O) groups is 1. The summed E-state index contributed by atoms with van der Waals surface area (Å²) in [6.45, 7) is 10.8. The van der Waals surface area contributed by atoms with E-state index >= 15 is 0 Å². The first kappa shape index (κ1) is 22.5. The Morgan fingerprint density at radius 3 is 2.58 bits per heavy atom. The molecule has 2 fully saturated rings. The van der Waals surface area contributed by atoms with Crippen LogP contribution in [0.5, 0.6) is 0 Å². The van der Waals surface area contributed by atoms with Gasteiger partial charge in [0.15, 0.2) is 0 Å². The van der Waals surface area contributed by atoms with Gasteiger partial charge in [-0.05, 0) is 100 Å². The highest BCUT2D eigenvalue weighted by atomic mass is 16.6. The second-order valence-corrected chi connectivity index (χ2v) is 12.0. The molecule has 176 valence electrons. The van der Waals surface area contributed by atoms with Gasteiger partial charge >= 0.3 is 5.97 Å². The number of allylic oxidation sites excluding steroid dienone is 3. The highest BCUT2D eigenvalue weighted by Crippen LogP contribution is 2.69. The molecule has 0 aromatic carbocycles. The smallest absolute Gasteiger partial charge is 0.379 e. The summed E-state index contributed by atoms with van der Waals surface area (Å²) in [5.41, 5.74) is 0.473. The molecule has 5 nitrogen and oxygen atoms in total. The maximum atomic E-state index is 12.7. The Bertz CT molecular complexity index is 1090. The summed E-state index contributed by atoms with van der Waals surface area (Å²) < 4.78 is 11.1. The lowest BCUT2D eigenvalue weighted by Gasteiger charge is -2.60. The number of furan rings is 1. The number of nitriles is 1. The second kappa shape index (κ2) is 7.09. The zero-order valence-corrected chi connectivity index (χ0v) is 20.4. The second-order valence-electron chi connectivity index (χ2n) is 12.0. The highest BCUT2D eigenvalue weighted by molar-refractivity contribution is 5.87. The molecular formula is C28H35NO4. The van der Waals surface area contributed by atoms with Crippen molar-refractivity contribution < 1.29 is 19.1 Å². The zero-order valence-electron chi connectivity index (χ0n) is 20.4. The van der Waals surface area contributed by atoms with Crippen LogP contribution in [0.2, 0.25) is 0 Å². The third kappa shape index (κ3) is 2.96. The summed E-state index contributed by atoms with van der Waals surface area (Å²) >= 11 is 0. The van der Waals surface area contributed by atoms with E-state index in [1.54, 1.807) is 12.1 Å².